The Morgan fingerprint density at radius 2 is 2.09 bits per heavy atom. The number of carboxylic acids is 1. The molecule has 122 valence electrons. The van der Waals surface area contributed by atoms with Crippen LogP contribution in [-0.2, 0) is 21.1 Å². The third-order valence-electron chi connectivity index (χ3n) is 4.38. The highest BCUT2D eigenvalue weighted by atomic mass is 32.2. The fourth-order valence-corrected chi connectivity index (χ4v) is 4.06. The number of sulfone groups is 1. The smallest absolute Gasteiger partial charge is 0.305 e. The fraction of sp³-hybridized carbons (Fsp3) is 0.353. The van der Waals surface area contributed by atoms with Crippen LogP contribution in [0.1, 0.15) is 37.1 Å². The van der Waals surface area contributed by atoms with E-state index in [1.165, 1.54) is 6.26 Å². The number of aliphatic carboxylic acids is 1. The number of benzene rings is 1. The number of carbonyl (C=O) groups is 1. The normalized spacial score (nSPS) is 17.4. The topological polar surface area (TPSA) is 76.4 Å². The number of hydrogen-bond acceptors (Lipinski definition) is 3. The van der Waals surface area contributed by atoms with Gasteiger partial charge in [-0.3, -0.25) is 4.79 Å². The van der Waals surface area contributed by atoms with Crippen LogP contribution < -0.4 is 0 Å². The minimum atomic E-state index is -3.32. The molecule has 6 heteroatoms. The van der Waals surface area contributed by atoms with Gasteiger partial charge in [0.05, 0.1) is 16.8 Å². The molecule has 0 aliphatic carbocycles. The van der Waals surface area contributed by atoms with Gasteiger partial charge in [-0.25, -0.2) is 8.42 Å². The zero-order valence-corrected chi connectivity index (χ0v) is 14.0. The van der Waals surface area contributed by atoms with Crippen LogP contribution in [0.25, 0.3) is 16.5 Å². The van der Waals surface area contributed by atoms with E-state index in [4.69, 9.17) is 5.11 Å². The lowest BCUT2D eigenvalue weighted by molar-refractivity contribution is -0.137. The van der Waals surface area contributed by atoms with E-state index in [-0.39, 0.29) is 17.4 Å². The second-order valence-electron chi connectivity index (χ2n) is 6.26. The molecule has 1 unspecified atom stereocenters. The first-order valence-electron chi connectivity index (χ1n) is 7.44. The van der Waals surface area contributed by atoms with E-state index in [2.05, 4.69) is 11.1 Å². The number of aryl methyl sites for hydroxylation is 1. The van der Waals surface area contributed by atoms with Crippen LogP contribution in [0.5, 0.6) is 0 Å². The van der Waals surface area contributed by atoms with Crippen molar-refractivity contribution in [2.75, 3.05) is 6.26 Å². The monoisotopic (exact) mass is 333 g/mol. The van der Waals surface area contributed by atoms with Gasteiger partial charge in [0.25, 0.3) is 0 Å². The van der Waals surface area contributed by atoms with E-state index in [0.29, 0.717) is 0 Å². The molecule has 1 aliphatic rings. The lowest BCUT2D eigenvalue weighted by Gasteiger charge is -2.16. The summed E-state index contributed by atoms with van der Waals surface area (Å²) in [6, 6.07) is 5.18. The average molecular weight is 333 g/mol. The maximum atomic E-state index is 11.9. The quantitative estimate of drug-likeness (QED) is 0.933. The number of allylic oxidation sites excluding steroid dienone is 1. The number of hydrogen-bond donors (Lipinski definition) is 1. The third kappa shape index (κ3) is 2.67. The molecule has 23 heavy (non-hydrogen) atoms. The van der Waals surface area contributed by atoms with Crippen LogP contribution in [0, 0.1) is 0 Å². The van der Waals surface area contributed by atoms with E-state index >= 15 is 0 Å². The Morgan fingerprint density at radius 1 is 1.39 bits per heavy atom. The summed E-state index contributed by atoms with van der Waals surface area (Å²) in [6.45, 7) is 5.80. The van der Waals surface area contributed by atoms with Gasteiger partial charge < -0.3 is 9.67 Å². The Morgan fingerprint density at radius 3 is 2.65 bits per heavy atom. The Kier molecular flexibility index (Phi) is 3.59. The van der Waals surface area contributed by atoms with Crippen molar-refractivity contribution >= 4 is 32.3 Å². The third-order valence-corrected chi connectivity index (χ3v) is 5.47. The van der Waals surface area contributed by atoms with Gasteiger partial charge in [-0.2, -0.15) is 0 Å². The molecule has 1 aromatic carbocycles. The first kappa shape index (κ1) is 15.8. The zero-order chi connectivity index (χ0) is 16.9. The summed E-state index contributed by atoms with van der Waals surface area (Å²) in [5, 5.41) is 9.96. The lowest BCUT2D eigenvalue weighted by atomic mass is 10.0. The maximum Gasteiger partial charge on any atom is 0.305 e. The van der Waals surface area contributed by atoms with Crippen LogP contribution in [0.3, 0.4) is 0 Å². The maximum absolute atomic E-state index is 11.9. The van der Waals surface area contributed by atoms with Gasteiger partial charge in [0, 0.05) is 28.9 Å². The molecule has 1 aromatic heterocycles. The summed E-state index contributed by atoms with van der Waals surface area (Å²) in [5.74, 6) is -0.825. The molecule has 1 N–H and O–H groups in total. The molecular formula is C17H19NO4S. The molecule has 0 amide bonds. The van der Waals surface area contributed by atoms with Crippen molar-refractivity contribution in [3.05, 3.63) is 36.0 Å². The van der Waals surface area contributed by atoms with Crippen molar-refractivity contribution in [3.8, 4) is 0 Å². The molecule has 0 bridgehead atoms. The summed E-state index contributed by atoms with van der Waals surface area (Å²) in [6.07, 6.45) is 2.85. The summed E-state index contributed by atoms with van der Waals surface area (Å²) >= 11 is 0. The van der Waals surface area contributed by atoms with Gasteiger partial charge in [-0.15, -0.1) is 0 Å². The number of fused-ring (bicyclic) bond motifs is 3. The second-order valence-corrected chi connectivity index (χ2v) is 8.27. The van der Waals surface area contributed by atoms with Gasteiger partial charge in [0.1, 0.15) is 0 Å². The highest BCUT2D eigenvalue weighted by molar-refractivity contribution is 7.90. The van der Waals surface area contributed by atoms with Crippen molar-refractivity contribution < 1.29 is 18.3 Å². The molecular weight excluding hydrogens is 314 g/mol. The van der Waals surface area contributed by atoms with E-state index in [9.17, 15) is 13.2 Å². The van der Waals surface area contributed by atoms with Gasteiger partial charge >= 0.3 is 5.97 Å². The molecule has 3 rings (SSSR count). The molecule has 0 spiro atoms. The molecule has 0 saturated heterocycles. The Bertz CT molecular complexity index is 937. The predicted octanol–water partition coefficient (Wildman–Crippen LogP) is 3.04. The first-order valence-corrected chi connectivity index (χ1v) is 9.33. The van der Waals surface area contributed by atoms with E-state index < -0.39 is 15.8 Å². The molecule has 0 radical (unpaired) electrons. The fourth-order valence-electron chi connectivity index (χ4n) is 3.39. The van der Waals surface area contributed by atoms with E-state index in [1.807, 2.05) is 13.0 Å². The largest absolute Gasteiger partial charge is 0.481 e. The second kappa shape index (κ2) is 5.23. The Balaban J connectivity index is 2.31. The Hall–Kier alpha value is -2.08. The number of rotatable bonds is 4. The van der Waals surface area contributed by atoms with Crippen molar-refractivity contribution in [3.63, 3.8) is 0 Å². The van der Waals surface area contributed by atoms with Gasteiger partial charge in [-0.1, -0.05) is 6.58 Å². The molecule has 0 fully saturated rings. The minimum Gasteiger partial charge on any atom is -0.481 e. The summed E-state index contributed by atoms with van der Waals surface area (Å²) in [7, 11) is -3.32. The van der Waals surface area contributed by atoms with Gasteiger partial charge in [0.2, 0.25) is 0 Å². The standard InChI is InChI=1S/C17H19NO4S/c1-10(2)15-9-14(23(3,21)22)7-11-6-12-4-5-13(8-16(19)20)18(12)17(11)15/h6-7,9,13H,1,4-5,8H2,2-3H3,(H,19,20). The average Bonchev–Trinajstić information content (AvgIpc) is 2.95. The Labute approximate surface area is 135 Å². The minimum absolute atomic E-state index is 0.0697. The van der Waals surface area contributed by atoms with E-state index in [1.54, 1.807) is 12.1 Å². The van der Waals surface area contributed by atoms with Gasteiger partial charge in [0.15, 0.2) is 9.84 Å². The molecule has 2 aromatic rings. The molecule has 1 atom stereocenters. The van der Waals surface area contributed by atoms with Crippen molar-refractivity contribution in [2.24, 2.45) is 0 Å². The highest BCUT2D eigenvalue weighted by Crippen LogP contribution is 2.39. The molecule has 2 heterocycles. The van der Waals surface area contributed by atoms with Crippen molar-refractivity contribution in [1.29, 1.82) is 0 Å². The van der Waals surface area contributed by atoms with Crippen LogP contribution in [0.15, 0.2) is 29.7 Å². The number of carboxylic acid groups (broad SMARTS) is 1. The number of nitrogens with zero attached hydrogens (tertiary/aromatic N) is 1. The van der Waals surface area contributed by atoms with Crippen molar-refractivity contribution in [2.45, 2.75) is 37.1 Å². The van der Waals surface area contributed by atoms with Crippen LogP contribution in [-0.4, -0.2) is 30.3 Å². The SMILES string of the molecule is C=C(C)c1cc(S(C)(=O)=O)cc2cc3n(c12)C(CC(=O)O)CC3. The zero-order valence-electron chi connectivity index (χ0n) is 13.2. The molecule has 1 aliphatic heterocycles. The summed E-state index contributed by atoms with van der Waals surface area (Å²) in [4.78, 5) is 11.4. The van der Waals surface area contributed by atoms with Crippen LogP contribution in [0.4, 0.5) is 0 Å². The summed E-state index contributed by atoms with van der Waals surface area (Å²) in [5.41, 5.74) is 3.48. The van der Waals surface area contributed by atoms with Crippen LogP contribution >= 0.6 is 0 Å². The molecule has 5 nitrogen and oxygen atoms in total. The predicted molar refractivity (Wildman–Crippen MR) is 89.4 cm³/mol. The molecule has 0 saturated carbocycles. The van der Waals surface area contributed by atoms with Gasteiger partial charge in [-0.05, 0) is 43.5 Å². The highest BCUT2D eigenvalue weighted by Gasteiger charge is 2.28. The van der Waals surface area contributed by atoms with E-state index in [0.717, 1.165) is 40.6 Å². The summed E-state index contributed by atoms with van der Waals surface area (Å²) < 4.78 is 25.9. The van der Waals surface area contributed by atoms with Crippen LogP contribution in [0.2, 0.25) is 0 Å². The van der Waals surface area contributed by atoms with Crippen molar-refractivity contribution in [1.82, 2.24) is 4.57 Å². The number of aromatic nitrogens is 1. The first-order chi connectivity index (χ1) is 10.7. The lowest BCUT2D eigenvalue weighted by Crippen LogP contribution is -2.10.